The Labute approximate surface area is 128 Å². The number of anilines is 1. The molecule has 4 nitrogen and oxygen atoms in total. The molecule has 0 saturated carbocycles. The lowest BCUT2D eigenvalue weighted by Gasteiger charge is -2.08. The number of nitrogens with zero attached hydrogens (tertiary/aromatic N) is 3. The van der Waals surface area contributed by atoms with Crippen LogP contribution in [0.15, 0.2) is 24.5 Å². The molecule has 3 heterocycles. The largest absolute Gasteiger partial charge is 0.370 e. The van der Waals surface area contributed by atoms with Crippen LogP contribution < -0.4 is 5.32 Å². The lowest BCUT2D eigenvalue weighted by Crippen LogP contribution is -2.05. The Hall–Kier alpha value is -2.01. The van der Waals surface area contributed by atoms with E-state index < -0.39 is 0 Å². The number of hydrogen-bond donors (Lipinski definition) is 1. The molecule has 0 aliphatic carbocycles. The van der Waals surface area contributed by atoms with Gasteiger partial charge in [0.1, 0.15) is 16.5 Å². The van der Waals surface area contributed by atoms with Crippen molar-refractivity contribution in [2.45, 2.75) is 27.2 Å². The average Bonchev–Trinajstić information content (AvgIpc) is 2.75. The molecule has 0 aliphatic rings. The Kier molecular flexibility index (Phi) is 3.84. The van der Waals surface area contributed by atoms with Gasteiger partial charge in [-0.15, -0.1) is 11.3 Å². The number of rotatable bonds is 4. The monoisotopic (exact) mass is 298 g/mol. The Morgan fingerprint density at radius 3 is 2.81 bits per heavy atom. The van der Waals surface area contributed by atoms with Crippen molar-refractivity contribution in [3.8, 4) is 0 Å². The van der Waals surface area contributed by atoms with Crippen LogP contribution in [0.25, 0.3) is 10.2 Å². The predicted molar refractivity (Wildman–Crippen MR) is 88.1 cm³/mol. The van der Waals surface area contributed by atoms with E-state index in [9.17, 15) is 0 Å². The molecule has 0 saturated heterocycles. The standard InChI is InChI=1S/C16H18N4S/c1-4-18-15-14-10(2)11(3)21-16(14)20-13(19-15)8-12-6-5-7-17-9-12/h5-7,9H,4,8H2,1-3H3,(H,18,19,20). The van der Waals surface area contributed by atoms with Gasteiger partial charge in [0.15, 0.2) is 0 Å². The zero-order chi connectivity index (χ0) is 14.8. The summed E-state index contributed by atoms with van der Waals surface area (Å²) in [5.74, 6) is 1.79. The van der Waals surface area contributed by atoms with Crippen molar-refractivity contribution in [1.29, 1.82) is 0 Å². The number of pyridine rings is 1. The van der Waals surface area contributed by atoms with Crippen LogP contribution in [0.2, 0.25) is 0 Å². The van der Waals surface area contributed by atoms with Gasteiger partial charge >= 0.3 is 0 Å². The van der Waals surface area contributed by atoms with Crippen molar-refractivity contribution < 1.29 is 0 Å². The number of aromatic nitrogens is 3. The first kappa shape index (κ1) is 13.9. The van der Waals surface area contributed by atoms with Crippen molar-refractivity contribution in [2.24, 2.45) is 0 Å². The van der Waals surface area contributed by atoms with E-state index in [0.717, 1.165) is 34.0 Å². The molecule has 0 aromatic carbocycles. The third-order valence-electron chi connectivity index (χ3n) is 3.50. The van der Waals surface area contributed by atoms with Gasteiger partial charge < -0.3 is 5.32 Å². The maximum Gasteiger partial charge on any atom is 0.138 e. The van der Waals surface area contributed by atoms with Crippen molar-refractivity contribution >= 4 is 27.4 Å². The molecule has 0 bridgehead atoms. The molecule has 3 aromatic heterocycles. The van der Waals surface area contributed by atoms with Gasteiger partial charge in [-0.1, -0.05) is 6.07 Å². The quantitative estimate of drug-likeness (QED) is 0.797. The first-order valence-corrected chi connectivity index (χ1v) is 7.90. The molecule has 0 unspecified atom stereocenters. The summed E-state index contributed by atoms with van der Waals surface area (Å²) in [5.41, 5.74) is 2.41. The molecule has 0 radical (unpaired) electrons. The highest BCUT2D eigenvalue weighted by Gasteiger charge is 2.14. The summed E-state index contributed by atoms with van der Waals surface area (Å²) in [6, 6.07) is 4.00. The number of fused-ring (bicyclic) bond motifs is 1. The van der Waals surface area contributed by atoms with Gasteiger partial charge in [-0.25, -0.2) is 9.97 Å². The smallest absolute Gasteiger partial charge is 0.138 e. The Balaban J connectivity index is 2.08. The number of hydrogen-bond acceptors (Lipinski definition) is 5. The van der Waals surface area contributed by atoms with Gasteiger partial charge in [0.2, 0.25) is 0 Å². The average molecular weight is 298 g/mol. The molecule has 0 fully saturated rings. The maximum absolute atomic E-state index is 4.73. The minimum Gasteiger partial charge on any atom is -0.370 e. The predicted octanol–water partition coefficient (Wildman–Crippen LogP) is 3.73. The Bertz CT molecular complexity index is 765. The number of aryl methyl sites for hydroxylation is 2. The zero-order valence-electron chi connectivity index (χ0n) is 12.5. The van der Waals surface area contributed by atoms with Gasteiger partial charge in [-0.2, -0.15) is 0 Å². The lowest BCUT2D eigenvalue weighted by atomic mass is 10.2. The van der Waals surface area contributed by atoms with E-state index in [2.05, 4.69) is 37.1 Å². The summed E-state index contributed by atoms with van der Waals surface area (Å²) in [6.45, 7) is 7.22. The molecule has 21 heavy (non-hydrogen) atoms. The van der Waals surface area contributed by atoms with Gasteiger partial charge in [-0.3, -0.25) is 4.98 Å². The molecule has 0 aliphatic heterocycles. The van der Waals surface area contributed by atoms with Crippen LogP contribution in [0.3, 0.4) is 0 Å². The third kappa shape index (κ3) is 2.74. The number of thiophene rings is 1. The topological polar surface area (TPSA) is 50.7 Å². The molecule has 0 spiro atoms. The second-order valence-corrected chi connectivity index (χ2v) is 6.22. The van der Waals surface area contributed by atoms with Crippen LogP contribution in [0.4, 0.5) is 5.82 Å². The van der Waals surface area contributed by atoms with E-state index in [-0.39, 0.29) is 0 Å². The molecular weight excluding hydrogens is 280 g/mol. The fourth-order valence-corrected chi connectivity index (χ4v) is 3.40. The van der Waals surface area contributed by atoms with Gasteiger partial charge in [0.05, 0.1) is 5.39 Å². The van der Waals surface area contributed by atoms with Crippen LogP contribution in [-0.4, -0.2) is 21.5 Å². The molecular formula is C16H18N4S. The summed E-state index contributed by atoms with van der Waals surface area (Å²) < 4.78 is 0. The second kappa shape index (κ2) is 5.77. The van der Waals surface area contributed by atoms with Crippen molar-refractivity contribution in [3.63, 3.8) is 0 Å². The van der Waals surface area contributed by atoms with Crippen LogP contribution in [0.1, 0.15) is 28.8 Å². The second-order valence-electron chi connectivity index (χ2n) is 5.02. The molecule has 1 N–H and O–H groups in total. The van der Waals surface area contributed by atoms with Gasteiger partial charge in [0, 0.05) is 30.2 Å². The van der Waals surface area contributed by atoms with Crippen LogP contribution in [0.5, 0.6) is 0 Å². The summed E-state index contributed by atoms with van der Waals surface area (Å²) in [7, 11) is 0. The molecule has 3 rings (SSSR count). The fraction of sp³-hybridized carbons (Fsp3) is 0.312. The molecule has 108 valence electrons. The summed E-state index contributed by atoms with van der Waals surface area (Å²) in [4.78, 5) is 16.0. The first-order chi connectivity index (χ1) is 10.2. The maximum atomic E-state index is 4.73. The molecule has 5 heteroatoms. The van der Waals surface area contributed by atoms with E-state index in [1.165, 1.54) is 10.4 Å². The molecule has 3 aromatic rings. The minimum absolute atomic E-state index is 0.707. The van der Waals surface area contributed by atoms with Crippen molar-refractivity contribution in [2.75, 3.05) is 11.9 Å². The third-order valence-corrected chi connectivity index (χ3v) is 4.61. The fourth-order valence-electron chi connectivity index (χ4n) is 2.35. The summed E-state index contributed by atoms with van der Waals surface area (Å²) in [5, 5.41) is 4.53. The first-order valence-electron chi connectivity index (χ1n) is 7.08. The summed E-state index contributed by atoms with van der Waals surface area (Å²) >= 11 is 1.74. The van der Waals surface area contributed by atoms with Crippen LogP contribution >= 0.6 is 11.3 Å². The highest BCUT2D eigenvalue weighted by molar-refractivity contribution is 7.18. The van der Waals surface area contributed by atoms with Crippen molar-refractivity contribution in [3.05, 3.63) is 46.4 Å². The molecule has 0 amide bonds. The van der Waals surface area contributed by atoms with E-state index in [4.69, 9.17) is 9.97 Å². The minimum atomic E-state index is 0.707. The van der Waals surface area contributed by atoms with E-state index in [1.54, 1.807) is 17.5 Å². The van der Waals surface area contributed by atoms with Crippen LogP contribution in [0, 0.1) is 13.8 Å². The summed E-state index contributed by atoms with van der Waals surface area (Å²) in [6.07, 6.45) is 4.35. The number of nitrogens with one attached hydrogen (secondary N) is 1. The van der Waals surface area contributed by atoms with Gasteiger partial charge in [-0.05, 0) is 38.0 Å². The van der Waals surface area contributed by atoms with E-state index >= 15 is 0 Å². The van der Waals surface area contributed by atoms with Gasteiger partial charge in [0.25, 0.3) is 0 Å². The highest BCUT2D eigenvalue weighted by atomic mass is 32.1. The lowest BCUT2D eigenvalue weighted by molar-refractivity contribution is 0.981. The van der Waals surface area contributed by atoms with E-state index in [1.807, 2.05) is 12.3 Å². The van der Waals surface area contributed by atoms with Crippen LogP contribution in [-0.2, 0) is 6.42 Å². The Morgan fingerprint density at radius 1 is 1.24 bits per heavy atom. The zero-order valence-corrected chi connectivity index (χ0v) is 13.3. The van der Waals surface area contributed by atoms with Crippen molar-refractivity contribution in [1.82, 2.24) is 15.0 Å². The normalized spacial score (nSPS) is 11.0. The molecule has 0 atom stereocenters. The van der Waals surface area contributed by atoms with E-state index in [0.29, 0.717) is 6.42 Å². The Morgan fingerprint density at radius 2 is 2.10 bits per heavy atom. The highest BCUT2D eigenvalue weighted by Crippen LogP contribution is 2.33. The SMILES string of the molecule is CCNc1nc(Cc2cccnc2)nc2sc(C)c(C)c12.